The third-order valence-corrected chi connectivity index (χ3v) is 3.02. The molecule has 0 saturated heterocycles. The van der Waals surface area contributed by atoms with Gasteiger partial charge in [-0.25, -0.2) is 0 Å². The zero-order valence-electron chi connectivity index (χ0n) is 10.3. The van der Waals surface area contributed by atoms with E-state index in [1.165, 1.54) is 11.1 Å². The van der Waals surface area contributed by atoms with E-state index in [4.69, 9.17) is 4.74 Å². The van der Waals surface area contributed by atoms with Crippen molar-refractivity contribution in [2.45, 2.75) is 13.8 Å². The summed E-state index contributed by atoms with van der Waals surface area (Å²) in [6, 6.07) is 11.4. The lowest BCUT2D eigenvalue weighted by atomic mass is 9.99. The van der Waals surface area contributed by atoms with Crippen LogP contribution in [0.1, 0.15) is 11.1 Å². The normalized spacial score (nSPS) is 10.3. The van der Waals surface area contributed by atoms with Gasteiger partial charge in [0.05, 0.1) is 7.11 Å². The van der Waals surface area contributed by atoms with Crippen LogP contribution in [-0.4, -0.2) is 12.2 Å². The van der Waals surface area contributed by atoms with E-state index < -0.39 is 0 Å². The van der Waals surface area contributed by atoms with Crippen molar-refractivity contribution >= 4 is 0 Å². The third kappa shape index (κ3) is 2.26. The summed E-state index contributed by atoms with van der Waals surface area (Å²) in [6.45, 7) is 4.14. The largest absolute Gasteiger partial charge is 0.507 e. The van der Waals surface area contributed by atoms with Crippen LogP contribution in [0.3, 0.4) is 0 Å². The first-order chi connectivity index (χ1) is 8.11. The van der Waals surface area contributed by atoms with Crippen molar-refractivity contribution in [2.24, 2.45) is 0 Å². The predicted octanol–water partition coefficient (Wildman–Crippen LogP) is 3.68. The van der Waals surface area contributed by atoms with Crippen LogP contribution >= 0.6 is 0 Å². The fourth-order valence-electron chi connectivity index (χ4n) is 1.78. The first-order valence-corrected chi connectivity index (χ1v) is 5.56. The Morgan fingerprint density at radius 1 is 0.941 bits per heavy atom. The topological polar surface area (TPSA) is 29.5 Å². The highest BCUT2D eigenvalue weighted by atomic mass is 16.5. The highest BCUT2D eigenvalue weighted by Gasteiger charge is 2.06. The Kier molecular flexibility index (Phi) is 3.05. The summed E-state index contributed by atoms with van der Waals surface area (Å²) in [5.74, 6) is 1.02. The van der Waals surface area contributed by atoms with E-state index in [0.29, 0.717) is 0 Å². The molecule has 0 aliphatic heterocycles. The molecule has 2 aromatic rings. The lowest BCUT2D eigenvalue weighted by Gasteiger charge is -2.09. The first-order valence-electron chi connectivity index (χ1n) is 5.56. The zero-order chi connectivity index (χ0) is 12.4. The summed E-state index contributed by atoms with van der Waals surface area (Å²) in [5.41, 5.74) is 4.26. The van der Waals surface area contributed by atoms with Gasteiger partial charge in [-0.1, -0.05) is 18.2 Å². The van der Waals surface area contributed by atoms with E-state index in [1.54, 1.807) is 19.2 Å². The molecule has 0 amide bonds. The second-order valence-corrected chi connectivity index (χ2v) is 4.18. The molecule has 0 heterocycles. The molecule has 0 aromatic heterocycles. The van der Waals surface area contributed by atoms with E-state index in [-0.39, 0.29) is 5.75 Å². The number of benzene rings is 2. The van der Waals surface area contributed by atoms with Gasteiger partial charge in [0.25, 0.3) is 0 Å². The third-order valence-electron chi connectivity index (χ3n) is 3.02. The Hall–Kier alpha value is -1.96. The van der Waals surface area contributed by atoms with Gasteiger partial charge in [0.2, 0.25) is 0 Å². The predicted molar refractivity (Wildman–Crippen MR) is 69.6 cm³/mol. The van der Waals surface area contributed by atoms with Gasteiger partial charge in [-0.15, -0.1) is 0 Å². The second-order valence-electron chi connectivity index (χ2n) is 4.18. The smallest absolute Gasteiger partial charge is 0.123 e. The Balaban J connectivity index is 2.55. The molecule has 0 fully saturated rings. The minimum Gasteiger partial charge on any atom is -0.507 e. The molecule has 0 unspecified atom stereocenters. The Morgan fingerprint density at radius 3 is 2.35 bits per heavy atom. The van der Waals surface area contributed by atoms with Gasteiger partial charge in [-0.3, -0.25) is 0 Å². The van der Waals surface area contributed by atoms with Gasteiger partial charge in [-0.05, 0) is 48.7 Å². The van der Waals surface area contributed by atoms with E-state index in [1.807, 2.05) is 12.1 Å². The number of phenolic OH excluding ortho intramolecular Hbond substituents is 1. The van der Waals surface area contributed by atoms with E-state index in [2.05, 4.69) is 26.0 Å². The summed E-state index contributed by atoms with van der Waals surface area (Å²) in [5, 5.41) is 9.89. The van der Waals surface area contributed by atoms with Crippen molar-refractivity contribution in [3.8, 4) is 22.6 Å². The van der Waals surface area contributed by atoms with Crippen molar-refractivity contribution in [1.82, 2.24) is 0 Å². The Labute approximate surface area is 101 Å². The summed E-state index contributed by atoms with van der Waals surface area (Å²) in [7, 11) is 1.62. The first kappa shape index (κ1) is 11.5. The number of hydrogen-bond donors (Lipinski definition) is 1. The lowest BCUT2D eigenvalue weighted by molar-refractivity contribution is 0.412. The highest BCUT2D eigenvalue weighted by molar-refractivity contribution is 5.72. The van der Waals surface area contributed by atoms with Gasteiger partial charge in [0.1, 0.15) is 11.5 Å². The molecule has 0 radical (unpaired) electrons. The Bertz CT molecular complexity index is 545. The molecular weight excluding hydrogens is 212 g/mol. The monoisotopic (exact) mass is 228 g/mol. The van der Waals surface area contributed by atoms with Gasteiger partial charge < -0.3 is 9.84 Å². The molecule has 1 N–H and O–H groups in total. The average molecular weight is 228 g/mol. The van der Waals surface area contributed by atoms with Gasteiger partial charge in [0, 0.05) is 5.56 Å². The number of methoxy groups -OCH3 is 1. The van der Waals surface area contributed by atoms with Crippen molar-refractivity contribution in [1.29, 1.82) is 0 Å². The van der Waals surface area contributed by atoms with Crippen LogP contribution in [0.2, 0.25) is 0 Å². The van der Waals surface area contributed by atoms with Crippen LogP contribution in [0.4, 0.5) is 0 Å². The number of ether oxygens (including phenoxy) is 1. The van der Waals surface area contributed by atoms with Crippen LogP contribution in [0.15, 0.2) is 36.4 Å². The van der Waals surface area contributed by atoms with Crippen LogP contribution < -0.4 is 4.74 Å². The molecule has 17 heavy (non-hydrogen) atoms. The Morgan fingerprint density at radius 2 is 1.71 bits per heavy atom. The molecule has 0 spiro atoms. The van der Waals surface area contributed by atoms with Crippen molar-refractivity contribution < 1.29 is 9.84 Å². The van der Waals surface area contributed by atoms with Crippen molar-refractivity contribution in [3.63, 3.8) is 0 Å². The molecule has 0 saturated carbocycles. The fourth-order valence-corrected chi connectivity index (χ4v) is 1.78. The maximum atomic E-state index is 9.89. The standard InChI is InChI=1S/C15H16O2/c1-10-4-5-12(8-11(10)2)14-9-13(17-3)6-7-15(14)16/h4-9,16H,1-3H3. The number of hydrogen-bond acceptors (Lipinski definition) is 2. The molecule has 0 aliphatic carbocycles. The molecule has 0 bridgehead atoms. The maximum absolute atomic E-state index is 9.89. The van der Waals surface area contributed by atoms with E-state index >= 15 is 0 Å². The molecule has 2 heteroatoms. The quantitative estimate of drug-likeness (QED) is 0.849. The number of rotatable bonds is 2. The van der Waals surface area contributed by atoms with Crippen molar-refractivity contribution in [3.05, 3.63) is 47.5 Å². The molecule has 0 atom stereocenters. The van der Waals surface area contributed by atoms with Crippen LogP contribution in [-0.2, 0) is 0 Å². The fraction of sp³-hybridized carbons (Fsp3) is 0.200. The molecular formula is C15H16O2. The van der Waals surface area contributed by atoms with Crippen LogP contribution in [0.5, 0.6) is 11.5 Å². The molecule has 88 valence electrons. The molecule has 0 aliphatic rings. The summed E-state index contributed by atoms with van der Waals surface area (Å²) in [6.07, 6.45) is 0. The summed E-state index contributed by atoms with van der Waals surface area (Å²) in [4.78, 5) is 0. The second kappa shape index (κ2) is 4.50. The van der Waals surface area contributed by atoms with Gasteiger partial charge in [0.15, 0.2) is 0 Å². The highest BCUT2D eigenvalue weighted by Crippen LogP contribution is 2.33. The molecule has 2 aromatic carbocycles. The van der Waals surface area contributed by atoms with Gasteiger partial charge >= 0.3 is 0 Å². The van der Waals surface area contributed by atoms with Crippen molar-refractivity contribution in [2.75, 3.05) is 7.11 Å². The zero-order valence-corrected chi connectivity index (χ0v) is 10.3. The SMILES string of the molecule is COc1ccc(O)c(-c2ccc(C)c(C)c2)c1. The van der Waals surface area contributed by atoms with Crippen LogP contribution in [0.25, 0.3) is 11.1 Å². The lowest BCUT2D eigenvalue weighted by Crippen LogP contribution is -1.87. The minimum absolute atomic E-state index is 0.272. The summed E-state index contributed by atoms with van der Waals surface area (Å²) < 4.78 is 5.17. The maximum Gasteiger partial charge on any atom is 0.123 e. The molecule has 2 rings (SSSR count). The van der Waals surface area contributed by atoms with Gasteiger partial charge in [-0.2, -0.15) is 0 Å². The van der Waals surface area contributed by atoms with Crippen LogP contribution in [0, 0.1) is 13.8 Å². The summed E-state index contributed by atoms with van der Waals surface area (Å²) >= 11 is 0. The number of aryl methyl sites for hydroxylation is 2. The minimum atomic E-state index is 0.272. The van der Waals surface area contributed by atoms with E-state index in [0.717, 1.165) is 16.9 Å². The van der Waals surface area contributed by atoms with E-state index in [9.17, 15) is 5.11 Å². The number of aromatic hydroxyl groups is 1. The number of phenols is 1. The average Bonchev–Trinajstić information content (AvgIpc) is 2.33. The molecule has 2 nitrogen and oxygen atoms in total.